The second-order valence-electron chi connectivity index (χ2n) is 5.67. The average molecular weight is 314 g/mol. The van der Waals surface area contributed by atoms with E-state index in [-0.39, 0.29) is 12.1 Å². The summed E-state index contributed by atoms with van der Waals surface area (Å²) in [5, 5.41) is 0.863. The number of hydrogen-bond donors (Lipinski definition) is 0. The highest BCUT2D eigenvalue weighted by Gasteiger charge is 2.40. The van der Waals surface area contributed by atoms with Crippen LogP contribution in [-0.4, -0.2) is 36.1 Å². The Labute approximate surface area is 128 Å². The Morgan fingerprint density at radius 3 is 2.50 bits per heavy atom. The Morgan fingerprint density at radius 1 is 1.25 bits per heavy atom. The Balaban J connectivity index is 1.68. The number of halogens is 2. The number of ether oxygens (including phenoxy) is 1. The van der Waals surface area contributed by atoms with Gasteiger partial charge in [-0.05, 0) is 38.1 Å². The van der Waals surface area contributed by atoms with E-state index in [1.54, 1.807) is 18.2 Å². The molecule has 2 heterocycles. The van der Waals surface area contributed by atoms with E-state index in [0.717, 1.165) is 12.8 Å². The van der Waals surface area contributed by atoms with Gasteiger partial charge in [-0.2, -0.15) is 0 Å². The van der Waals surface area contributed by atoms with E-state index >= 15 is 0 Å². The molecule has 5 heteroatoms. The van der Waals surface area contributed by atoms with E-state index in [4.69, 9.17) is 27.9 Å². The highest BCUT2D eigenvalue weighted by atomic mass is 35.5. The van der Waals surface area contributed by atoms with Crippen molar-refractivity contribution in [1.82, 2.24) is 4.90 Å². The van der Waals surface area contributed by atoms with Gasteiger partial charge in [0.1, 0.15) is 6.10 Å². The van der Waals surface area contributed by atoms with E-state index < -0.39 is 0 Å². The average Bonchev–Trinajstić information content (AvgIpc) is 2.62. The minimum absolute atomic E-state index is 0.00273. The maximum atomic E-state index is 12.2. The first kappa shape index (κ1) is 14.2. The minimum Gasteiger partial charge on any atom is -0.459 e. The lowest BCUT2D eigenvalue weighted by molar-refractivity contribution is -0.000429. The molecule has 2 saturated heterocycles. The predicted octanol–water partition coefficient (Wildman–Crippen LogP) is 3.78. The van der Waals surface area contributed by atoms with Crippen LogP contribution in [-0.2, 0) is 4.74 Å². The van der Waals surface area contributed by atoms with E-state index in [9.17, 15) is 4.79 Å². The zero-order valence-electron chi connectivity index (χ0n) is 11.3. The first-order valence-electron chi connectivity index (χ1n) is 6.92. The largest absolute Gasteiger partial charge is 0.459 e. The molecule has 20 heavy (non-hydrogen) atoms. The third kappa shape index (κ3) is 2.67. The molecule has 2 aliphatic rings. The highest BCUT2D eigenvalue weighted by Crippen LogP contribution is 2.36. The summed E-state index contributed by atoms with van der Waals surface area (Å²) >= 11 is 11.9. The molecule has 1 aromatic carbocycles. The molecule has 0 N–H and O–H groups in total. The van der Waals surface area contributed by atoms with Gasteiger partial charge < -0.3 is 9.64 Å². The molecule has 0 aromatic heterocycles. The molecule has 3 atom stereocenters. The maximum Gasteiger partial charge on any atom is 0.339 e. The van der Waals surface area contributed by atoms with Gasteiger partial charge in [0, 0.05) is 29.9 Å². The van der Waals surface area contributed by atoms with Crippen LogP contribution in [0.1, 0.15) is 36.0 Å². The van der Waals surface area contributed by atoms with Gasteiger partial charge in [0.05, 0.1) is 10.6 Å². The molecule has 2 bridgehead atoms. The van der Waals surface area contributed by atoms with E-state index in [2.05, 4.69) is 11.9 Å². The number of piperidine rings is 1. The Bertz CT molecular complexity index is 521. The summed E-state index contributed by atoms with van der Waals surface area (Å²) in [6, 6.07) is 5.94. The molecule has 0 saturated carbocycles. The number of hydrogen-bond acceptors (Lipinski definition) is 3. The van der Waals surface area contributed by atoms with Crippen LogP contribution in [0.25, 0.3) is 0 Å². The quantitative estimate of drug-likeness (QED) is 0.778. The van der Waals surface area contributed by atoms with Crippen molar-refractivity contribution in [2.45, 2.75) is 43.9 Å². The predicted molar refractivity (Wildman–Crippen MR) is 79.5 cm³/mol. The molecule has 0 amide bonds. The van der Waals surface area contributed by atoms with Crippen LogP contribution in [0.3, 0.4) is 0 Å². The number of esters is 1. The standard InChI is InChI=1S/C15H17Cl2NO2/c1-18-10-3-4-11(18)8-12(7-10)20-15(19)13-5-2-9(16)6-14(13)17/h2,5-6,10-12H,3-4,7-8H2,1H3/t10-,11+,12?. The van der Waals surface area contributed by atoms with Crippen LogP contribution in [0.15, 0.2) is 18.2 Å². The van der Waals surface area contributed by atoms with E-state index in [1.165, 1.54) is 12.8 Å². The zero-order chi connectivity index (χ0) is 14.3. The summed E-state index contributed by atoms with van der Waals surface area (Å²) in [5.74, 6) is -0.347. The number of carbonyl (C=O) groups is 1. The van der Waals surface area contributed by atoms with Crippen molar-refractivity contribution in [3.05, 3.63) is 33.8 Å². The second-order valence-corrected chi connectivity index (χ2v) is 6.52. The third-order valence-electron chi connectivity index (χ3n) is 4.48. The summed E-state index contributed by atoms with van der Waals surface area (Å²) in [7, 11) is 2.16. The molecule has 0 radical (unpaired) electrons. The summed E-state index contributed by atoms with van der Waals surface area (Å²) in [4.78, 5) is 14.6. The van der Waals surface area contributed by atoms with Crippen molar-refractivity contribution < 1.29 is 9.53 Å². The Kier molecular flexibility index (Phi) is 3.93. The summed E-state index contributed by atoms with van der Waals surface area (Å²) < 4.78 is 5.63. The monoisotopic (exact) mass is 313 g/mol. The molecular weight excluding hydrogens is 297 g/mol. The van der Waals surface area contributed by atoms with Gasteiger partial charge >= 0.3 is 5.97 Å². The zero-order valence-corrected chi connectivity index (χ0v) is 12.8. The lowest BCUT2D eigenvalue weighted by Crippen LogP contribution is -2.43. The summed E-state index contributed by atoms with van der Waals surface area (Å²) in [5.41, 5.74) is 0.391. The number of nitrogens with zero attached hydrogens (tertiary/aromatic N) is 1. The topological polar surface area (TPSA) is 29.5 Å². The molecule has 0 spiro atoms. The van der Waals surface area contributed by atoms with E-state index in [0.29, 0.717) is 27.7 Å². The lowest BCUT2D eigenvalue weighted by atomic mass is 10.0. The number of benzene rings is 1. The van der Waals surface area contributed by atoms with Crippen molar-refractivity contribution in [3.8, 4) is 0 Å². The first-order chi connectivity index (χ1) is 9.54. The molecule has 2 aliphatic heterocycles. The van der Waals surface area contributed by atoms with Crippen LogP contribution in [0, 0.1) is 0 Å². The van der Waals surface area contributed by atoms with Crippen molar-refractivity contribution in [1.29, 1.82) is 0 Å². The Morgan fingerprint density at radius 2 is 1.90 bits per heavy atom. The van der Waals surface area contributed by atoms with Gasteiger partial charge in [-0.1, -0.05) is 23.2 Å². The van der Waals surface area contributed by atoms with Crippen molar-refractivity contribution in [2.24, 2.45) is 0 Å². The van der Waals surface area contributed by atoms with Crippen molar-refractivity contribution in [3.63, 3.8) is 0 Å². The third-order valence-corrected chi connectivity index (χ3v) is 5.03. The second kappa shape index (κ2) is 5.55. The van der Waals surface area contributed by atoms with Crippen LogP contribution in [0.2, 0.25) is 10.0 Å². The minimum atomic E-state index is -0.347. The molecule has 108 valence electrons. The van der Waals surface area contributed by atoms with E-state index in [1.807, 2.05) is 0 Å². The van der Waals surface area contributed by atoms with Crippen molar-refractivity contribution in [2.75, 3.05) is 7.05 Å². The lowest BCUT2D eigenvalue weighted by Gasteiger charge is -2.35. The van der Waals surface area contributed by atoms with Gasteiger partial charge in [-0.15, -0.1) is 0 Å². The summed E-state index contributed by atoms with van der Waals surface area (Å²) in [6.45, 7) is 0. The van der Waals surface area contributed by atoms with Crippen LogP contribution in [0.4, 0.5) is 0 Å². The molecule has 0 aliphatic carbocycles. The van der Waals surface area contributed by atoms with Crippen LogP contribution in [0.5, 0.6) is 0 Å². The fourth-order valence-electron chi connectivity index (χ4n) is 3.33. The number of carbonyl (C=O) groups excluding carboxylic acids is 1. The first-order valence-corrected chi connectivity index (χ1v) is 7.68. The van der Waals surface area contributed by atoms with Gasteiger partial charge in [0.2, 0.25) is 0 Å². The highest BCUT2D eigenvalue weighted by molar-refractivity contribution is 6.36. The molecular formula is C15H17Cl2NO2. The fourth-order valence-corrected chi connectivity index (χ4v) is 3.81. The van der Waals surface area contributed by atoms with Gasteiger partial charge in [-0.25, -0.2) is 4.79 Å². The van der Waals surface area contributed by atoms with Gasteiger partial charge in [-0.3, -0.25) is 0 Å². The molecule has 3 nitrogen and oxygen atoms in total. The SMILES string of the molecule is CN1[C@@H]2CC[C@H]1CC(OC(=O)c1ccc(Cl)cc1Cl)C2. The van der Waals surface area contributed by atoms with Crippen molar-refractivity contribution >= 4 is 29.2 Å². The van der Waals surface area contributed by atoms with Crippen LogP contribution < -0.4 is 0 Å². The molecule has 2 fully saturated rings. The smallest absolute Gasteiger partial charge is 0.339 e. The number of fused-ring (bicyclic) bond motifs is 2. The molecule has 3 rings (SSSR count). The van der Waals surface area contributed by atoms with Crippen LogP contribution >= 0.6 is 23.2 Å². The Hall–Kier alpha value is -0.770. The van der Waals surface area contributed by atoms with Gasteiger partial charge in [0.15, 0.2) is 0 Å². The fraction of sp³-hybridized carbons (Fsp3) is 0.533. The molecule has 1 unspecified atom stereocenters. The molecule has 1 aromatic rings. The normalized spacial score (nSPS) is 29.4. The maximum absolute atomic E-state index is 12.2. The summed E-state index contributed by atoms with van der Waals surface area (Å²) in [6.07, 6.45) is 4.25. The number of rotatable bonds is 2. The van der Waals surface area contributed by atoms with Gasteiger partial charge in [0.25, 0.3) is 0 Å².